The highest BCUT2D eigenvalue weighted by molar-refractivity contribution is 5.40. The van der Waals surface area contributed by atoms with Crippen molar-refractivity contribution in [2.75, 3.05) is 14.1 Å². The van der Waals surface area contributed by atoms with Crippen LogP contribution in [0.15, 0.2) is 60.7 Å². The molecule has 0 spiro atoms. The molecular weight excluding hydrogens is 254 g/mol. The van der Waals surface area contributed by atoms with Gasteiger partial charge >= 0.3 is 0 Å². The van der Waals surface area contributed by atoms with E-state index in [1.54, 1.807) is 0 Å². The van der Waals surface area contributed by atoms with Crippen LogP contribution in [0.25, 0.3) is 0 Å². The van der Waals surface area contributed by atoms with Crippen LogP contribution in [-0.2, 0) is 5.41 Å². The molecule has 1 saturated carbocycles. The Morgan fingerprint density at radius 3 is 1.86 bits per heavy atom. The van der Waals surface area contributed by atoms with E-state index in [1.807, 2.05) is 0 Å². The summed E-state index contributed by atoms with van der Waals surface area (Å²) in [6.07, 6.45) is 5.08. The zero-order valence-corrected chi connectivity index (χ0v) is 13.1. The molecule has 1 aliphatic carbocycles. The summed E-state index contributed by atoms with van der Waals surface area (Å²) in [7, 11) is 4.44. The second-order valence-corrected chi connectivity index (χ2v) is 6.53. The normalized spacial score (nSPS) is 21.4. The van der Waals surface area contributed by atoms with Gasteiger partial charge in [0.15, 0.2) is 0 Å². The second-order valence-electron chi connectivity index (χ2n) is 6.53. The first-order chi connectivity index (χ1) is 10.2. The van der Waals surface area contributed by atoms with Crippen molar-refractivity contribution in [2.45, 2.75) is 37.1 Å². The second kappa shape index (κ2) is 6.03. The molecule has 0 heterocycles. The van der Waals surface area contributed by atoms with E-state index in [9.17, 15) is 0 Å². The molecule has 1 atom stereocenters. The molecule has 0 N–H and O–H groups in total. The monoisotopic (exact) mass is 279 g/mol. The molecule has 1 heteroatoms. The van der Waals surface area contributed by atoms with Gasteiger partial charge in [0.25, 0.3) is 0 Å². The van der Waals surface area contributed by atoms with Crippen molar-refractivity contribution < 1.29 is 0 Å². The molecule has 1 aliphatic rings. The van der Waals surface area contributed by atoms with E-state index in [4.69, 9.17) is 0 Å². The molecule has 0 bridgehead atoms. The van der Waals surface area contributed by atoms with Crippen LogP contribution < -0.4 is 0 Å². The van der Waals surface area contributed by atoms with Gasteiger partial charge in [-0.25, -0.2) is 0 Å². The average Bonchev–Trinajstić information content (AvgIpc) is 2.56. The van der Waals surface area contributed by atoms with Crippen molar-refractivity contribution in [1.82, 2.24) is 4.90 Å². The quantitative estimate of drug-likeness (QED) is 0.801. The smallest absolute Gasteiger partial charge is 0.0217 e. The van der Waals surface area contributed by atoms with E-state index in [0.29, 0.717) is 6.04 Å². The topological polar surface area (TPSA) is 3.24 Å². The molecule has 0 amide bonds. The van der Waals surface area contributed by atoms with E-state index in [2.05, 4.69) is 79.7 Å². The summed E-state index contributed by atoms with van der Waals surface area (Å²) in [6.45, 7) is 0. The van der Waals surface area contributed by atoms with Crippen LogP contribution in [0, 0.1) is 0 Å². The number of rotatable bonds is 3. The zero-order valence-electron chi connectivity index (χ0n) is 13.1. The fourth-order valence-electron chi connectivity index (χ4n) is 3.89. The third-order valence-electron chi connectivity index (χ3n) is 5.11. The largest absolute Gasteiger partial charge is 0.306 e. The molecule has 1 nitrogen and oxygen atoms in total. The van der Waals surface area contributed by atoms with E-state index in [-0.39, 0.29) is 5.41 Å². The molecule has 3 rings (SSSR count). The Hall–Kier alpha value is -1.60. The van der Waals surface area contributed by atoms with Gasteiger partial charge in [0.2, 0.25) is 0 Å². The van der Waals surface area contributed by atoms with Crippen molar-refractivity contribution in [3.8, 4) is 0 Å². The fourth-order valence-corrected chi connectivity index (χ4v) is 3.89. The summed E-state index contributed by atoms with van der Waals surface area (Å²) in [5.74, 6) is 0. The van der Waals surface area contributed by atoms with Crippen molar-refractivity contribution in [2.24, 2.45) is 0 Å². The maximum Gasteiger partial charge on any atom is 0.0217 e. The van der Waals surface area contributed by atoms with E-state index in [1.165, 1.54) is 36.8 Å². The number of benzene rings is 2. The first-order valence-corrected chi connectivity index (χ1v) is 8.00. The van der Waals surface area contributed by atoms with E-state index >= 15 is 0 Å². The zero-order chi connectivity index (χ0) is 14.7. The Labute approximate surface area is 128 Å². The molecule has 0 aromatic heterocycles. The molecule has 0 aliphatic heterocycles. The van der Waals surface area contributed by atoms with Crippen LogP contribution in [0.5, 0.6) is 0 Å². The lowest BCUT2D eigenvalue weighted by atomic mass is 9.64. The predicted octanol–water partition coefficient (Wildman–Crippen LogP) is 4.48. The van der Waals surface area contributed by atoms with Crippen LogP contribution in [0.3, 0.4) is 0 Å². The van der Waals surface area contributed by atoms with Gasteiger partial charge in [-0.2, -0.15) is 0 Å². The molecule has 1 unspecified atom stereocenters. The summed E-state index contributed by atoms with van der Waals surface area (Å²) in [5, 5.41) is 0. The predicted molar refractivity (Wildman–Crippen MR) is 89.6 cm³/mol. The van der Waals surface area contributed by atoms with Gasteiger partial charge in [-0.3, -0.25) is 0 Å². The van der Waals surface area contributed by atoms with Gasteiger partial charge in [0, 0.05) is 11.5 Å². The van der Waals surface area contributed by atoms with Gasteiger partial charge in [0.1, 0.15) is 0 Å². The Morgan fingerprint density at radius 2 is 1.38 bits per heavy atom. The van der Waals surface area contributed by atoms with Crippen LogP contribution in [0.4, 0.5) is 0 Å². The number of nitrogens with zero attached hydrogens (tertiary/aromatic N) is 1. The minimum atomic E-state index is 0.176. The van der Waals surface area contributed by atoms with Crippen molar-refractivity contribution in [1.29, 1.82) is 0 Å². The van der Waals surface area contributed by atoms with Crippen LogP contribution in [0.1, 0.15) is 36.8 Å². The van der Waals surface area contributed by atoms with E-state index < -0.39 is 0 Å². The lowest BCUT2D eigenvalue weighted by Crippen LogP contribution is -2.42. The molecular formula is C20H25N. The maximum atomic E-state index is 2.40. The van der Waals surface area contributed by atoms with Crippen molar-refractivity contribution >= 4 is 0 Å². The molecule has 1 fully saturated rings. The minimum absolute atomic E-state index is 0.176. The van der Waals surface area contributed by atoms with Crippen LogP contribution in [-0.4, -0.2) is 25.0 Å². The van der Waals surface area contributed by atoms with Crippen molar-refractivity contribution in [3.63, 3.8) is 0 Å². The highest BCUT2D eigenvalue weighted by atomic mass is 15.1. The molecule has 0 saturated heterocycles. The standard InChI is InChI=1S/C20H25N/c1-21(2)19-14-9-15-20(16-19,17-10-5-3-6-11-17)18-12-7-4-8-13-18/h3-8,10-13,19H,9,14-16H2,1-2H3. The van der Waals surface area contributed by atoms with Crippen LogP contribution >= 0.6 is 0 Å². The van der Waals surface area contributed by atoms with Gasteiger partial charge in [-0.15, -0.1) is 0 Å². The third-order valence-corrected chi connectivity index (χ3v) is 5.11. The SMILES string of the molecule is CN(C)C1CCCC(c2ccccc2)(c2ccccc2)C1. The van der Waals surface area contributed by atoms with E-state index in [0.717, 1.165) is 0 Å². The Balaban J connectivity index is 2.07. The van der Waals surface area contributed by atoms with Gasteiger partial charge in [-0.05, 0) is 44.5 Å². The lowest BCUT2D eigenvalue weighted by Gasteiger charge is -2.44. The highest BCUT2D eigenvalue weighted by Gasteiger charge is 2.39. The number of hydrogen-bond donors (Lipinski definition) is 0. The van der Waals surface area contributed by atoms with Gasteiger partial charge < -0.3 is 4.90 Å². The summed E-state index contributed by atoms with van der Waals surface area (Å²) in [6, 6.07) is 22.9. The highest BCUT2D eigenvalue weighted by Crippen LogP contribution is 2.45. The maximum absolute atomic E-state index is 2.40. The Kier molecular flexibility index (Phi) is 4.12. The van der Waals surface area contributed by atoms with Gasteiger partial charge in [0.05, 0.1) is 0 Å². The third kappa shape index (κ3) is 2.75. The summed E-state index contributed by atoms with van der Waals surface area (Å²) in [5.41, 5.74) is 3.13. The van der Waals surface area contributed by atoms with Crippen LogP contribution in [0.2, 0.25) is 0 Å². The first kappa shape index (κ1) is 14.3. The average molecular weight is 279 g/mol. The molecule has 0 radical (unpaired) electrons. The summed E-state index contributed by atoms with van der Waals surface area (Å²) in [4.78, 5) is 2.40. The Bertz CT molecular complexity index is 519. The van der Waals surface area contributed by atoms with Crippen molar-refractivity contribution in [3.05, 3.63) is 71.8 Å². The Morgan fingerprint density at radius 1 is 0.857 bits per heavy atom. The summed E-state index contributed by atoms with van der Waals surface area (Å²) < 4.78 is 0. The fraction of sp³-hybridized carbons (Fsp3) is 0.400. The molecule has 2 aromatic carbocycles. The first-order valence-electron chi connectivity index (χ1n) is 8.00. The molecule has 2 aromatic rings. The summed E-state index contributed by atoms with van der Waals surface area (Å²) >= 11 is 0. The molecule has 110 valence electrons. The van der Waals surface area contributed by atoms with Gasteiger partial charge in [-0.1, -0.05) is 67.1 Å². The molecule has 21 heavy (non-hydrogen) atoms. The minimum Gasteiger partial charge on any atom is -0.306 e. The number of hydrogen-bond acceptors (Lipinski definition) is 1. The lowest BCUT2D eigenvalue weighted by molar-refractivity contribution is 0.180.